The molecule has 1 fully saturated rings. The molecule has 37 heavy (non-hydrogen) atoms. The van der Waals surface area contributed by atoms with E-state index in [1.807, 2.05) is 16.7 Å². The maximum absolute atomic E-state index is 14.0. The highest BCUT2D eigenvalue weighted by molar-refractivity contribution is 6.30. The Kier molecular flexibility index (Phi) is 9.21. The third kappa shape index (κ3) is 7.34. The first kappa shape index (κ1) is 26.7. The number of carboxylic acids is 1. The highest BCUT2D eigenvalue weighted by atomic mass is 35.5. The Bertz CT molecular complexity index is 1240. The van der Waals surface area contributed by atoms with Crippen LogP contribution in [0.1, 0.15) is 41.7 Å². The summed E-state index contributed by atoms with van der Waals surface area (Å²) in [6, 6.07) is 10.2. The smallest absolute Gasteiger partial charge is 0.328 e. The Balaban J connectivity index is 1.34. The lowest BCUT2D eigenvalue weighted by molar-refractivity contribution is -0.131. The monoisotopic (exact) mass is 529 g/mol. The maximum atomic E-state index is 14.0. The SMILES string of the molecule is COCCn1c(/C=C/C(=O)O)nnc1CN1CCC(c2cccc(OCc3ccc(Cl)cc3F)n2)CC1. The topological polar surface area (TPSA) is 103 Å². The molecule has 196 valence electrons. The van der Waals surface area contributed by atoms with Gasteiger partial charge in [-0.15, -0.1) is 10.2 Å². The van der Waals surface area contributed by atoms with Crippen LogP contribution in [0.2, 0.25) is 5.02 Å². The summed E-state index contributed by atoms with van der Waals surface area (Å²) in [5.74, 6) is 0.562. The van der Waals surface area contributed by atoms with Gasteiger partial charge in [0.2, 0.25) is 5.88 Å². The first-order valence-corrected chi connectivity index (χ1v) is 12.4. The standard InChI is InChI=1S/C26H29ClFN5O4/c1-36-14-13-33-23(7-8-26(34)35)30-31-24(33)16-32-11-9-18(10-12-32)22-3-2-4-25(29-22)37-17-19-5-6-20(27)15-21(19)28/h2-8,15,18H,9-14,16-17H2,1H3,(H,34,35)/b8-7+. The molecule has 0 atom stereocenters. The van der Waals surface area contributed by atoms with E-state index in [4.69, 9.17) is 26.2 Å². The summed E-state index contributed by atoms with van der Waals surface area (Å²) >= 11 is 5.82. The summed E-state index contributed by atoms with van der Waals surface area (Å²) in [7, 11) is 1.62. The molecule has 0 spiro atoms. The minimum atomic E-state index is -1.04. The average Bonchev–Trinajstić information content (AvgIpc) is 3.27. The third-order valence-corrected chi connectivity index (χ3v) is 6.49. The zero-order valence-electron chi connectivity index (χ0n) is 20.5. The van der Waals surface area contributed by atoms with E-state index in [0.29, 0.717) is 42.0 Å². The molecule has 9 nitrogen and oxygen atoms in total. The first-order chi connectivity index (χ1) is 17.9. The number of benzene rings is 1. The van der Waals surface area contributed by atoms with E-state index in [0.717, 1.165) is 43.5 Å². The van der Waals surface area contributed by atoms with Crippen LogP contribution in [0.4, 0.5) is 4.39 Å². The molecule has 1 aliphatic heterocycles. The molecular weight excluding hydrogens is 501 g/mol. The number of piperidine rings is 1. The van der Waals surface area contributed by atoms with Crippen molar-refractivity contribution in [3.05, 3.63) is 76.2 Å². The lowest BCUT2D eigenvalue weighted by Gasteiger charge is -2.31. The van der Waals surface area contributed by atoms with E-state index >= 15 is 0 Å². The number of likely N-dealkylation sites (tertiary alicyclic amines) is 1. The maximum Gasteiger partial charge on any atom is 0.328 e. The van der Waals surface area contributed by atoms with Gasteiger partial charge in [-0.3, -0.25) is 4.90 Å². The van der Waals surface area contributed by atoms with Crippen molar-refractivity contribution in [3.8, 4) is 5.88 Å². The predicted octanol–water partition coefficient (Wildman–Crippen LogP) is 4.17. The van der Waals surface area contributed by atoms with Gasteiger partial charge in [0, 0.05) is 48.0 Å². The Morgan fingerprint density at radius 3 is 2.78 bits per heavy atom. The number of pyridine rings is 1. The Hall–Kier alpha value is -3.34. The molecule has 2 aromatic heterocycles. The third-order valence-electron chi connectivity index (χ3n) is 6.26. The van der Waals surface area contributed by atoms with Crippen LogP contribution in [0.3, 0.4) is 0 Å². The summed E-state index contributed by atoms with van der Waals surface area (Å²) in [5, 5.41) is 17.7. The van der Waals surface area contributed by atoms with Crippen molar-refractivity contribution in [1.82, 2.24) is 24.6 Å². The molecule has 0 bridgehead atoms. The van der Waals surface area contributed by atoms with Gasteiger partial charge in [-0.1, -0.05) is 23.7 Å². The molecule has 0 saturated carbocycles. The summed E-state index contributed by atoms with van der Waals surface area (Å²) in [5.41, 5.74) is 1.38. The molecular formula is C26H29ClFN5O4. The number of hydrogen-bond acceptors (Lipinski definition) is 7. The molecule has 0 aliphatic carbocycles. The summed E-state index contributed by atoms with van der Waals surface area (Å²) in [4.78, 5) is 17.9. The van der Waals surface area contributed by atoms with Crippen LogP contribution in [-0.2, 0) is 29.2 Å². The Labute approximate surface area is 219 Å². The molecule has 0 amide bonds. The number of aliphatic carboxylic acids is 1. The van der Waals surface area contributed by atoms with Crippen molar-refractivity contribution in [2.75, 3.05) is 26.8 Å². The van der Waals surface area contributed by atoms with Crippen LogP contribution < -0.4 is 4.74 Å². The van der Waals surface area contributed by atoms with Crippen LogP contribution in [0.5, 0.6) is 5.88 Å². The molecule has 3 heterocycles. The number of ether oxygens (including phenoxy) is 2. The summed E-state index contributed by atoms with van der Waals surface area (Å²) in [6.07, 6.45) is 4.34. The number of nitrogens with zero attached hydrogens (tertiary/aromatic N) is 5. The quantitative estimate of drug-likeness (QED) is 0.369. The zero-order valence-corrected chi connectivity index (χ0v) is 21.3. The second-order valence-corrected chi connectivity index (χ2v) is 9.20. The van der Waals surface area contributed by atoms with Crippen molar-refractivity contribution < 1.29 is 23.8 Å². The van der Waals surface area contributed by atoms with Gasteiger partial charge < -0.3 is 19.1 Å². The molecule has 0 unspecified atom stereocenters. The average molecular weight is 530 g/mol. The van der Waals surface area contributed by atoms with Gasteiger partial charge in [0.15, 0.2) is 5.82 Å². The van der Waals surface area contributed by atoms with E-state index < -0.39 is 11.8 Å². The first-order valence-electron chi connectivity index (χ1n) is 12.0. The van der Waals surface area contributed by atoms with Crippen molar-refractivity contribution >= 4 is 23.6 Å². The second-order valence-electron chi connectivity index (χ2n) is 8.77. The number of carbonyl (C=O) groups is 1. The van der Waals surface area contributed by atoms with Crippen LogP contribution in [0.15, 0.2) is 42.5 Å². The van der Waals surface area contributed by atoms with Crippen LogP contribution in [0.25, 0.3) is 6.08 Å². The van der Waals surface area contributed by atoms with Crippen molar-refractivity contribution in [1.29, 1.82) is 0 Å². The van der Waals surface area contributed by atoms with Crippen LogP contribution >= 0.6 is 11.6 Å². The van der Waals surface area contributed by atoms with Gasteiger partial charge in [-0.2, -0.15) is 0 Å². The van der Waals surface area contributed by atoms with Crippen molar-refractivity contribution in [3.63, 3.8) is 0 Å². The van der Waals surface area contributed by atoms with Gasteiger partial charge in [-0.05, 0) is 50.2 Å². The predicted molar refractivity (Wildman–Crippen MR) is 136 cm³/mol. The molecule has 1 aliphatic rings. The number of carboxylic acid groups (broad SMARTS) is 1. The fraction of sp³-hybridized carbons (Fsp3) is 0.385. The molecule has 1 N–H and O–H groups in total. The largest absolute Gasteiger partial charge is 0.478 e. The molecule has 0 radical (unpaired) electrons. The second kappa shape index (κ2) is 12.8. The van der Waals surface area contributed by atoms with Gasteiger partial charge in [0.1, 0.15) is 18.2 Å². The Morgan fingerprint density at radius 1 is 1.24 bits per heavy atom. The van der Waals surface area contributed by atoms with E-state index in [-0.39, 0.29) is 12.5 Å². The lowest BCUT2D eigenvalue weighted by Crippen LogP contribution is -2.33. The van der Waals surface area contributed by atoms with Crippen LogP contribution in [0, 0.1) is 5.82 Å². The highest BCUT2D eigenvalue weighted by Gasteiger charge is 2.24. The minimum absolute atomic E-state index is 0.0747. The van der Waals surface area contributed by atoms with Gasteiger partial charge >= 0.3 is 5.97 Å². The lowest BCUT2D eigenvalue weighted by atomic mass is 9.93. The van der Waals surface area contributed by atoms with Crippen molar-refractivity contribution in [2.45, 2.75) is 38.5 Å². The van der Waals surface area contributed by atoms with Crippen LogP contribution in [-0.4, -0.2) is 62.5 Å². The number of aromatic nitrogens is 4. The number of rotatable bonds is 11. The van der Waals surface area contributed by atoms with E-state index in [1.54, 1.807) is 25.3 Å². The fourth-order valence-electron chi connectivity index (χ4n) is 4.28. The number of methoxy groups -OCH3 is 1. The molecule has 3 aromatic rings. The van der Waals surface area contributed by atoms with E-state index in [2.05, 4.69) is 20.1 Å². The highest BCUT2D eigenvalue weighted by Crippen LogP contribution is 2.29. The minimum Gasteiger partial charge on any atom is -0.478 e. The van der Waals surface area contributed by atoms with E-state index in [9.17, 15) is 9.18 Å². The fourth-order valence-corrected chi connectivity index (χ4v) is 4.44. The normalized spacial score (nSPS) is 14.9. The molecule has 1 aromatic carbocycles. The van der Waals surface area contributed by atoms with Crippen molar-refractivity contribution in [2.24, 2.45) is 0 Å². The number of halogens is 2. The molecule has 11 heteroatoms. The molecule has 4 rings (SSSR count). The summed E-state index contributed by atoms with van der Waals surface area (Å²) in [6.45, 7) is 3.38. The molecule has 1 saturated heterocycles. The van der Waals surface area contributed by atoms with Gasteiger partial charge in [0.25, 0.3) is 0 Å². The zero-order chi connectivity index (χ0) is 26.2. The Morgan fingerprint density at radius 2 is 2.05 bits per heavy atom. The number of hydrogen-bond donors (Lipinski definition) is 1. The van der Waals surface area contributed by atoms with Gasteiger partial charge in [-0.25, -0.2) is 14.2 Å². The van der Waals surface area contributed by atoms with E-state index in [1.165, 1.54) is 12.1 Å². The van der Waals surface area contributed by atoms with Gasteiger partial charge in [0.05, 0.1) is 13.2 Å². The summed E-state index contributed by atoms with van der Waals surface area (Å²) < 4.78 is 26.9.